The molecule has 2 heteroatoms. The summed E-state index contributed by atoms with van der Waals surface area (Å²) in [7, 11) is 0. The van der Waals surface area contributed by atoms with E-state index in [9.17, 15) is 0 Å². The van der Waals surface area contributed by atoms with Crippen LogP contribution in [0.2, 0.25) is 0 Å². The number of hydrogen-bond acceptors (Lipinski definition) is 2. The SMILES string of the molecule is CC1CCC(OC(C)(C)CN)CC1. The Labute approximate surface area is 81.8 Å². The van der Waals surface area contributed by atoms with Crippen molar-refractivity contribution < 1.29 is 4.74 Å². The van der Waals surface area contributed by atoms with Crippen molar-refractivity contribution in [3.05, 3.63) is 0 Å². The van der Waals surface area contributed by atoms with Gasteiger partial charge in [-0.05, 0) is 45.4 Å². The van der Waals surface area contributed by atoms with E-state index < -0.39 is 0 Å². The van der Waals surface area contributed by atoms with Gasteiger partial charge in [0.1, 0.15) is 0 Å². The highest BCUT2D eigenvalue weighted by Gasteiger charge is 2.25. The van der Waals surface area contributed by atoms with E-state index in [0.717, 1.165) is 5.92 Å². The lowest BCUT2D eigenvalue weighted by molar-refractivity contribution is -0.0825. The highest BCUT2D eigenvalue weighted by atomic mass is 16.5. The maximum absolute atomic E-state index is 5.95. The minimum absolute atomic E-state index is 0.134. The van der Waals surface area contributed by atoms with Crippen molar-refractivity contribution in [3.8, 4) is 0 Å². The van der Waals surface area contributed by atoms with Crippen LogP contribution in [0.3, 0.4) is 0 Å². The molecule has 0 bridgehead atoms. The van der Waals surface area contributed by atoms with Gasteiger partial charge in [0.05, 0.1) is 11.7 Å². The van der Waals surface area contributed by atoms with E-state index in [0.29, 0.717) is 12.6 Å². The van der Waals surface area contributed by atoms with E-state index in [1.54, 1.807) is 0 Å². The monoisotopic (exact) mass is 185 g/mol. The Morgan fingerprint density at radius 1 is 1.23 bits per heavy atom. The fourth-order valence-electron chi connectivity index (χ4n) is 1.85. The molecule has 0 saturated heterocycles. The largest absolute Gasteiger partial charge is 0.371 e. The van der Waals surface area contributed by atoms with Crippen molar-refractivity contribution in [2.75, 3.05) is 6.54 Å². The Bertz CT molecular complexity index is 148. The number of nitrogens with two attached hydrogens (primary N) is 1. The smallest absolute Gasteiger partial charge is 0.0751 e. The van der Waals surface area contributed by atoms with Crippen LogP contribution in [0.4, 0.5) is 0 Å². The summed E-state index contributed by atoms with van der Waals surface area (Å²) in [6.07, 6.45) is 5.50. The van der Waals surface area contributed by atoms with E-state index >= 15 is 0 Å². The van der Waals surface area contributed by atoms with Crippen LogP contribution < -0.4 is 5.73 Å². The molecule has 1 saturated carbocycles. The summed E-state index contributed by atoms with van der Waals surface area (Å²) in [6.45, 7) is 7.08. The summed E-state index contributed by atoms with van der Waals surface area (Å²) in [4.78, 5) is 0. The standard InChI is InChI=1S/C11H23NO/c1-9-4-6-10(7-5-9)13-11(2,3)8-12/h9-10H,4-8,12H2,1-3H3. The first-order valence-electron chi connectivity index (χ1n) is 5.41. The van der Waals surface area contributed by atoms with Gasteiger partial charge >= 0.3 is 0 Å². The Morgan fingerprint density at radius 2 is 1.77 bits per heavy atom. The van der Waals surface area contributed by atoms with Gasteiger partial charge in [0, 0.05) is 6.54 Å². The molecule has 0 aromatic heterocycles. The van der Waals surface area contributed by atoms with E-state index in [2.05, 4.69) is 20.8 Å². The molecule has 1 aliphatic rings. The third-order valence-electron chi connectivity index (χ3n) is 2.94. The lowest BCUT2D eigenvalue weighted by atomic mass is 9.88. The van der Waals surface area contributed by atoms with Crippen LogP contribution >= 0.6 is 0 Å². The van der Waals surface area contributed by atoms with Gasteiger partial charge in [-0.3, -0.25) is 0 Å². The summed E-state index contributed by atoms with van der Waals surface area (Å²) in [5, 5.41) is 0. The van der Waals surface area contributed by atoms with Gasteiger partial charge in [-0.15, -0.1) is 0 Å². The summed E-state index contributed by atoms with van der Waals surface area (Å²) in [6, 6.07) is 0. The molecule has 13 heavy (non-hydrogen) atoms. The van der Waals surface area contributed by atoms with Crippen molar-refractivity contribution in [3.63, 3.8) is 0 Å². The first kappa shape index (κ1) is 11.0. The molecule has 0 aliphatic heterocycles. The van der Waals surface area contributed by atoms with Crippen LogP contribution in [0.15, 0.2) is 0 Å². The van der Waals surface area contributed by atoms with Crippen LogP contribution in [-0.2, 0) is 4.74 Å². The Hall–Kier alpha value is -0.0800. The van der Waals surface area contributed by atoms with Crippen LogP contribution in [0, 0.1) is 5.92 Å². The normalized spacial score (nSPS) is 30.5. The molecule has 78 valence electrons. The van der Waals surface area contributed by atoms with Crippen LogP contribution in [-0.4, -0.2) is 18.2 Å². The van der Waals surface area contributed by atoms with Gasteiger partial charge in [0.25, 0.3) is 0 Å². The highest BCUT2D eigenvalue weighted by molar-refractivity contribution is 4.76. The molecule has 0 unspecified atom stereocenters. The highest BCUT2D eigenvalue weighted by Crippen LogP contribution is 2.28. The number of rotatable bonds is 3. The van der Waals surface area contributed by atoms with Crippen LogP contribution in [0.25, 0.3) is 0 Å². The topological polar surface area (TPSA) is 35.2 Å². The predicted octanol–water partition coefficient (Wildman–Crippen LogP) is 2.32. The third-order valence-corrected chi connectivity index (χ3v) is 2.94. The molecule has 2 nitrogen and oxygen atoms in total. The van der Waals surface area contributed by atoms with E-state index in [-0.39, 0.29) is 5.60 Å². The van der Waals surface area contributed by atoms with Crippen molar-refractivity contribution in [2.24, 2.45) is 11.7 Å². The lowest BCUT2D eigenvalue weighted by Crippen LogP contribution is -2.39. The molecule has 0 radical (unpaired) electrons. The first-order valence-corrected chi connectivity index (χ1v) is 5.41. The summed E-state index contributed by atoms with van der Waals surface area (Å²) in [5.74, 6) is 0.890. The van der Waals surface area contributed by atoms with Gasteiger partial charge in [-0.25, -0.2) is 0 Å². The molecular weight excluding hydrogens is 162 g/mol. The van der Waals surface area contributed by atoms with E-state index in [4.69, 9.17) is 10.5 Å². The van der Waals surface area contributed by atoms with Gasteiger partial charge in [-0.1, -0.05) is 6.92 Å². The van der Waals surface area contributed by atoms with Crippen LogP contribution in [0.1, 0.15) is 46.5 Å². The zero-order valence-corrected chi connectivity index (χ0v) is 9.18. The fourth-order valence-corrected chi connectivity index (χ4v) is 1.85. The van der Waals surface area contributed by atoms with Gasteiger partial charge in [0.2, 0.25) is 0 Å². The first-order chi connectivity index (χ1) is 6.03. The van der Waals surface area contributed by atoms with Gasteiger partial charge in [0.15, 0.2) is 0 Å². The van der Waals surface area contributed by atoms with Crippen molar-refractivity contribution in [1.82, 2.24) is 0 Å². The average molecular weight is 185 g/mol. The molecule has 0 atom stereocenters. The molecule has 0 spiro atoms. The second kappa shape index (κ2) is 4.43. The maximum Gasteiger partial charge on any atom is 0.0751 e. The molecular formula is C11H23NO. The van der Waals surface area contributed by atoms with Gasteiger partial charge < -0.3 is 10.5 Å². The minimum Gasteiger partial charge on any atom is -0.371 e. The predicted molar refractivity (Wildman–Crippen MR) is 55.6 cm³/mol. The Balaban J connectivity index is 2.30. The molecule has 1 rings (SSSR count). The molecule has 0 aromatic carbocycles. The summed E-state index contributed by atoms with van der Waals surface area (Å²) < 4.78 is 5.95. The van der Waals surface area contributed by atoms with E-state index in [1.807, 2.05) is 0 Å². The maximum atomic E-state index is 5.95. The third kappa shape index (κ3) is 3.65. The molecule has 0 amide bonds. The summed E-state index contributed by atoms with van der Waals surface area (Å²) >= 11 is 0. The van der Waals surface area contributed by atoms with Crippen molar-refractivity contribution >= 4 is 0 Å². The second-order valence-electron chi connectivity index (χ2n) is 4.96. The second-order valence-corrected chi connectivity index (χ2v) is 4.96. The molecule has 0 aromatic rings. The number of hydrogen-bond donors (Lipinski definition) is 1. The summed E-state index contributed by atoms with van der Waals surface area (Å²) in [5.41, 5.74) is 5.49. The zero-order chi connectivity index (χ0) is 9.90. The molecule has 1 fully saturated rings. The van der Waals surface area contributed by atoms with E-state index in [1.165, 1.54) is 25.7 Å². The minimum atomic E-state index is -0.134. The Kier molecular flexibility index (Phi) is 3.74. The van der Waals surface area contributed by atoms with Crippen molar-refractivity contribution in [2.45, 2.75) is 58.2 Å². The van der Waals surface area contributed by atoms with Gasteiger partial charge in [-0.2, -0.15) is 0 Å². The zero-order valence-electron chi connectivity index (χ0n) is 9.18. The number of ether oxygens (including phenoxy) is 1. The van der Waals surface area contributed by atoms with Crippen LogP contribution in [0.5, 0.6) is 0 Å². The molecule has 0 heterocycles. The fraction of sp³-hybridized carbons (Fsp3) is 1.00. The quantitative estimate of drug-likeness (QED) is 0.732. The lowest BCUT2D eigenvalue weighted by Gasteiger charge is -2.33. The molecule has 2 N–H and O–H groups in total. The molecule has 1 aliphatic carbocycles. The Morgan fingerprint density at radius 3 is 2.23 bits per heavy atom. The van der Waals surface area contributed by atoms with Crippen molar-refractivity contribution in [1.29, 1.82) is 0 Å². The average Bonchev–Trinajstić information content (AvgIpc) is 2.09.